The van der Waals surface area contributed by atoms with E-state index in [0.29, 0.717) is 0 Å². The van der Waals surface area contributed by atoms with E-state index in [0.717, 1.165) is 13.2 Å². The summed E-state index contributed by atoms with van der Waals surface area (Å²) in [5, 5.41) is 0. The van der Waals surface area contributed by atoms with E-state index in [1.54, 1.807) is 0 Å². The molecular weight excluding hydrogens is 436 g/mol. The highest BCUT2D eigenvalue weighted by Gasteiger charge is 1.97. The summed E-state index contributed by atoms with van der Waals surface area (Å²) in [6.07, 6.45) is 37.6. The first-order valence-electron chi connectivity index (χ1n) is 16.5. The predicted molar refractivity (Wildman–Crippen MR) is 162 cm³/mol. The third kappa shape index (κ3) is 24.9. The molecule has 1 rings (SSSR count). The minimum Gasteiger partial charge on any atom is -0.377 e. The van der Waals surface area contributed by atoms with E-state index in [1.807, 2.05) is 0 Å². The van der Waals surface area contributed by atoms with E-state index in [-0.39, 0.29) is 0 Å². The van der Waals surface area contributed by atoms with Crippen LogP contribution < -0.4 is 0 Å². The van der Waals surface area contributed by atoms with Crippen LogP contribution in [0.2, 0.25) is 0 Å². The van der Waals surface area contributed by atoms with Gasteiger partial charge in [-0.3, -0.25) is 0 Å². The maximum Gasteiger partial charge on any atom is 0.0716 e. The van der Waals surface area contributed by atoms with Crippen molar-refractivity contribution in [3.63, 3.8) is 0 Å². The Kier molecular flexibility index (Phi) is 26.5. The van der Waals surface area contributed by atoms with E-state index in [9.17, 15) is 0 Å². The van der Waals surface area contributed by atoms with Crippen LogP contribution in [0.3, 0.4) is 0 Å². The van der Waals surface area contributed by atoms with Crippen LogP contribution in [-0.4, -0.2) is 6.61 Å². The summed E-state index contributed by atoms with van der Waals surface area (Å²) in [6.45, 7) is 3.98. The SMILES string of the molecule is CCCCCCCCCCCCCCCCCCCCCCCCCCCCOCc1ccccc1. The van der Waals surface area contributed by atoms with Gasteiger partial charge in [0.1, 0.15) is 0 Å². The molecule has 0 aromatic heterocycles. The maximum absolute atomic E-state index is 5.77. The number of benzene rings is 1. The average molecular weight is 501 g/mol. The van der Waals surface area contributed by atoms with Crippen molar-refractivity contribution in [1.29, 1.82) is 0 Å². The highest BCUT2D eigenvalue weighted by Crippen LogP contribution is 2.16. The molecule has 0 spiro atoms. The molecule has 0 bridgehead atoms. The molecule has 210 valence electrons. The van der Waals surface area contributed by atoms with Gasteiger partial charge in [0, 0.05) is 6.61 Å². The molecule has 36 heavy (non-hydrogen) atoms. The first kappa shape index (κ1) is 33.2. The average Bonchev–Trinajstić information content (AvgIpc) is 2.91. The number of hydrogen-bond donors (Lipinski definition) is 0. The molecule has 0 N–H and O–H groups in total. The molecule has 0 saturated carbocycles. The van der Waals surface area contributed by atoms with Gasteiger partial charge in [0.25, 0.3) is 0 Å². The molecule has 0 amide bonds. The van der Waals surface area contributed by atoms with Gasteiger partial charge in [-0.05, 0) is 12.0 Å². The molecular formula is C35H64O. The van der Waals surface area contributed by atoms with Crippen molar-refractivity contribution in [2.45, 2.75) is 180 Å². The Hall–Kier alpha value is -0.820. The van der Waals surface area contributed by atoms with E-state index in [1.165, 1.54) is 173 Å². The van der Waals surface area contributed by atoms with Crippen molar-refractivity contribution in [1.82, 2.24) is 0 Å². The van der Waals surface area contributed by atoms with E-state index in [4.69, 9.17) is 4.74 Å². The van der Waals surface area contributed by atoms with Crippen molar-refractivity contribution in [2.75, 3.05) is 6.61 Å². The first-order chi connectivity index (χ1) is 17.9. The van der Waals surface area contributed by atoms with Crippen molar-refractivity contribution in [2.24, 2.45) is 0 Å². The van der Waals surface area contributed by atoms with E-state index < -0.39 is 0 Å². The summed E-state index contributed by atoms with van der Waals surface area (Å²) < 4.78 is 5.77. The quantitative estimate of drug-likeness (QED) is 0.0993. The number of rotatable bonds is 29. The summed E-state index contributed by atoms with van der Waals surface area (Å²) in [5.74, 6) is 0. The largest absolute Gasteiger partial charge is 0.377 e. The lowest BCUT2D eigenvalue weighted by atomic mass is 10.0. The first-order valence-corrected chi connectivity index (χ1v) is 16.5. The fourth-order valence-electron chi connectivity index (χ4n) is 5.28. The van der Waals surface area contributed by atoms with E-state index >= 15 is 0 Å². The van der Waals surface area contributed by atoms with Crippen LogP contribution >= 0.6 is 0 Å². The third-order valence-corrected chi connectivity index (χ3v) is 7.75. The minimum atomic E-state index is 0.764. The van der Waals surface area contributed by atoms with Crippen LogP contribution in [0.5, 0.6) is 0 Å². The van der Waals surface area contributed by atoms with Crippen LogP contribution in [0.15, 0.2) is 30.3 Å². The smallest absolute Gasteiger partial charge is 0.0716 e. The Labute approximate surface area is 227 Å². The molecule has 0 radical (unpaired) electrons. The molecule has 0 unspecified atom stereocenters. The van der Waals surface area contributed by atoms with Gasteiger partial charge in [0.2, 0.25) is 0 Å². The Balaban J connectivity index is 1.63. The molecule has 0 fully saturated rings. The zero-order valence-electron chi connectivity index (χ0n) is 24.6. The highest BCUT2D eigenvalue weighted by atomic mass is 16.5. The Bertz CT molecular complexity index is 511. The summed E-state index contributed by atoms with van der Waals surface area (Å²) in [6, 6.07) is 10.5. The second kappa shape index (κ2) is 28.7. The second-order valence-electron chi connectivity index (χ2n) is 11.4. The topological polar surface area (TPSA) is 9.23 Å². The summed E-state index contributed by atoms with van der Waals surface area (Å²) in [7, 11) is 0. The zero-order valence-corrected chi connectivity index (χ0v) is 24.6. The number of unbranched alkanes of at least 4 members (excludes halogenated alkanes) is 25. The van der Waals surface area contributed by atoms with Crippen molar-refractivity contribution >= 4 is 0 Å². The van der Waals surface area contributed by atoms with Gasteiger partial charge in [-0.1, -0.05) is 198 Å². The fraction of sp³-hybridized carbons (Fsp3) is 0.829. The van der Waals surface area contributed by atoms with Gasteiger partial charge in [-0.2, -0.15) is 0 Å². The Morgan fingerprint density at radius 2 is 0.694 bits per heavy atom. The van der Waals surface area contributed by atoms with Crippen LogP contribution in [0.4, 0.5) is 0 Å². The lowest BCUT2D eigenvalue weighted by molar-refractivity contribution is 0.116. The van der Waals surface area contributed by atoms with Crippen LogP contribution in [0, 0.1) is 0 Å². The van der Waals surface area contributed by atoms with Crippen LogP contribution in [0.25, 0.3) is 0 Å². The molecule has 1 heteroatoms. The fourth-order valence-corrected chi connectivity index (χ4v) is 5.28. The number of hydrogen-bond acceptors (Lipinski definition) is 1. The molecule has 1 nitrogen and oxygen atoms in total. The second-order valence-corrected chi connectivity index (χ2v) is 11.4. The van der Waals surface area contributed by atoms with Crippen molar-refractivity contribution in [3.05, 3.63) is 35.9 Å². The monoisotopic (exact) mass is 500 g/mol. The van der Waals surface area contributed by atoms with Gasteiger partial charge < -0.3 is 4.74 Å². The van der Waals surface area contributed by atoms with Gasteiger partial charge >= 0.3 is 0 Å². The highest BCUT2D eigenvalue weighted by molar-refractivity contribution is 5.13. The molecule has 0 atom stereocenters. The normalized spacial score (nSPS) is 11.4. The Morgan fingerprint density at radius 1 is 0.389 bits per heavy atom. The summed E-state index contributed by atoms with van der Waals surface area (Å²) >= 11 is 0. The number of ether oxygens (including phenoxy) is 1. The van der Waals surface area contributed by atoms with Gasteiger partial charge in [0.15, 0.2) is 0 Å². The molecule has 0 aliphatic rings. The van der Waals surface area contributed by atoms with Crippen molar-refractivity contribution in [3.8, 4) is 0 Å². The summed E-state index contributed by atoms with van der Waals surface area (Å²) in [5.41, 5.74) is 1.28. The van der Waals surface area contributed by atoms with Crippen LogP contribution in [-0.2, 0) is 11.3 Å². The minimum absolute atomic E-state index is 0.764. The van der Waals surface area contributed by atoms with Gasteiger partial charge in [-0.25, -0.2) is 0 Å². The van der Waals surface area contributed by atoms with Gasteiger partial charge in [0.05, 0.1) is 6.61 Å². The summed E-state index contributed by atoms with van der Waals surface area (Å²) in [4.78, 5) is 0. The molecule has 1 aromatic carbocycles. The zero-order chi connectivity index (χ0) is 25.6. The van der Waals surface area contributed by atoms with Crippen LogP contribution in [0.1, 0.15) is 179 Å². The molecule has 0 heterocycles. The standard InChI is InChI=1S/C35H64O/c1-2-3-4-5-6-7-8-9-10-11-12-13-14-15-16-17-18-19-20-21-22-23-24-25-26-30-33-36-34-35-31-28-27-29-32-35/h27-29,31-32H,2-26,30,33-34H2,1H3. The Morgan fingerprint density at radius 3 is 1.03 bits per heavy atom. The third-order valence-electron chi connectivity index (χ3n) is 7.75. The van der Waals surface area contributed by atoms with Crippen molar-refractivity contribution < 1.29 is 4.74 Å². The molecule has 1 aromatic rings. The molecule has 0 aliphatic heterocycles. The maximum atomic E-state index is 5.77. The molecule has 0 saturated heterocycles. The molecule has 0 aliphatic carbocycles. The lowest BCUT2D eigenvalue weighted by Gasteiger charge is -2.05. The van der Waals surface area contributed by atoms with Gasteiger partial charge in [-0.15, -0.1) is 0 Å². The van der Waals surface area contributed by atoms with E-state index in [2.05, 4.69) is 37.3 Å². The predicted octanol–water partition coefficient (Wildman–Crippen LogP) is 12.4. The lowest BCUT2D eigenvalue weighted by Crippen LogP contribution is -1.95.